The van der Waals surface area contributed by atoms with Crippen LogP contribution in [0.1, 0.15) is 43.9 Å². The van der Waals surface area contributed by atoms with Crippen molar-refractivity contribution in [2.24, 2.45) is 0 Å². The first kappa shape index (κ1) is 35.6. The monoisotopic (exact) mass is 784 g/mol. The van der Waals surface area contributed by atoms with E-state index in [1.54, 1.807) is 0 Å². The molecule has 1 aliphatic heterocycles. The largest absolute Gasteiger partial charge is 0.454 e. The van der Waals surface area contributed by atoms with E-state index >= 15 is 0 Å². The number of allylic oxidation sites excluding steroid dienone is 4. The maximum Gasteiger partial charge on any atom is 0.158 e. The van der Waals surface area contributed by atoms with Crippen molar-refractivity contribution < 1.29 is 4.42 Å². The Labute approximate surface area is 355 Å². The molecular formula is C58H44N2O. The fourth-order valence-electron chi connectivity index (χ4n) is 10.4. The highest BCUT2D eigenvalue weighted by atomic mass is 16.3. The third kappa shape index (κ3) is 5.43. The molecule has 1 atom stereocenters. The Balaban J connectivity index is 1.01. The van der Waals surface area contributed by atoms with Crippen LogP contribution in [0.3, 0.4) is 0 Å². The van der Waals surface area contributed by atoms with Crippen LogP contribution in [0.2, 0.25) is 0 Å². The second-order valence-electron chi connectivity index (χ2n) is 17.6. The predicted molar refractivity (Wildman–Crippen MR) is 258 cm³/mol. The number of furan rings is 1. The zero-order valence-electron chi connectivity index (χ0n) is 34.5. The number of nitrogens with zero attached hydrogens (tertiary/aromatic N) is 1. The lowest BCUT2D eigenvalue weighted by molar-refractivity contribution is 0.602. The van der Waals surface area contributed by atoms with Gasteiger partial charge < -0.3 is 14.6 Å². The van der Waals surface area contributed by atoms with Crippen LogP contribution in [-0.2, 0) is 10.8 Å². The minimum atomic E-state index is -0.239. The summed E-state index contributed by atoms with van der Waals surface area (Å²) in [5.41, 5.74) is 13.2. The van der Waals surface area contributed by atoms with E-state index in [4.69, 9.17) is 4.42 Å². The number of fused-ring (bicyclic) bond motifs is 11. The molecule has 1 N–H and O–H groups in total. The van der Waals surface area contributed by atoms with Gasteiger partial charge in [0.25, 0.3) is 0 Å². The Morgan fingerprint density at radius 2 is 1.10 bits per heavy atom. The average Bonchev–Trinajstić information content (AvgIpc) is 3.69. The van der Waals surface area contributed by atoms with E-state index in [2.05, 4.69) is 213 Å². The summed E-state index contributed by atoms with van der Waals surface area (Å²) in [6, 6.07) is 62.4. The maximum atomic E-state index is 6.46. The van der Waals surface area contributed by atoms with Crippen LogP contribution in [0.4, 0.5) is 28.4 Å². The fraction of sp³-hybridized carbons (Fsp3) is 0.103. The van der Waals surface area contributed by atoms with Gasteiger partial charge in [-0.2, -0.15) is 0 Å². The van der Waals surface area contributed by atoms with E-state index in [-0.39, 0.29) is 10.8 Å². The van der Waals surface area contributed by atoms with Gasteiger partial charge in [0, 0.05) is 33.0 Å². The van der Waals surface area contributed by atoms with E-state index in [0.717, 1.165) is 45.4 Å². The van der Waals surface area contributed by atoms with Gasteiger partial charge in [-0.25, -0.2) is 0 Å². The summed E-state index contributed by atoms with van der Waals surface area (Å²) in [5, 5.41) is 13.8. The molecule has 1 aromatic heterocycles. The fourth-order valence-corrected chi connectivity index (χ4v) is 10.4. The molecule has 2 heterocycles. The second kappa shape index (κ2) is 13.3. The number of anilines is 5. The zero-order valence-corrected chi connectivity index (χ0v) is 34.5. The molecule has 0 saturated carbocycles. The molecule has 0 unspecified atom stereocenters. The number of para-hydroxylation sites is 3. The molecule has 10 aromatic rings. The second-order valence-corrected chi connectivity index (χ2v) is 17.6. The van der Waals surface area contributed by atoms with Crippen molar-refractivity contribution in [2.45, 2.75) is 38.0 Å². The third-order valence-electron chi connectivity index (χ3n) is 13.6. The third-order valence-corrected chi connectivity index (χ3v) is 13.6. The molecule has 0 radical (unpaired) electrons. The lowest BCUT2D eigenvalue weighted by atomic mass is 9.72. The lowest BCUT2D eigenvalue weighted by Crippen LogP contribution is -2.30. The van der Waals surface area contributed by atoms with Crippen LogP contribution in [-0.4, -0.2) is 0 Å². The van der Waals surface area contributed by atoms with E-state index in [9.17, 15) is 0 Å². The predicted octanol–water partition coefficient (Wildman–Crippen LogP) is 16.3. The molecule has 2 aliphatic rings. The van der Waals surface area contributed by atoms with Crippen molar-refractivity contribution in [3.63, 3.8) is 0 Å². The molecule has 0 fully saturated rings. The number of rotatable bonds is 5. The summed E-state index contributed by atoms with van der Waals surface area (Å²) in [4.78, 5) is 2.49. The number of hydrogen-bond donors (Lipinski definition) is 1. The lowest BCUT2D eigenvalue weighted by Gasteiger charge is -2.42. The van der Waals surface area contributed by atoms with Crippen LogP contribution in [0.15, 0.2) is 199 Å². The molecule has 1 aliphatic carbocycles. The number of hydrogen-bond acceptors (Lipinski definition) is 3. The molecular weight excluding hydrogens is 741 g/mol. The van der Waals surface area contributed by atoms with Gasteiger partial charge in [0.1, 0.15) is 5.58 Å². The Bertz CT molecular complexity index is 3460. The van der Waals surface area contributed by atoms with Gasteiger partial charge >= 0.3 is 0 Å². The van der Waals surface area contributed by atoms with Gasteiger partial charge in [0.15, 0.2) is 5.58 Å². The minimum Gasteiger partial charge on any atom is -0.454 e. The van der Waals surface area contributed by atoms with Crippen molar-refractivity contribution in [3.8, 4) is 11.1 Å². The van der Waals surface area contributed by atoms with E-state index in [1.807, 2.05) is 12.1 Å². The van der Waals surface area contributed by atoms with Crippen LogP contribution < -0.4 is 10.2 Å². The molecule has 0 spiro atoms. The summed E-state index contributed by atoms with van der Waals surface area (Å²) >= 11 is 0. The zero-order chi connectivity index (χ0) is 40.9. The Morgan fingerprint density at radius 3 is 1.85 bits per heavy atom. The Hall–Kier alpha value is -7.36. The molecule has 292 valence electrons. The molecule has 9 aromatic carbocycles. The normalized spacial score (nSPS) is 16.7. The van der Waals surface area contributed by atoms with Gasteiger partial charge in [0.05, 0.1) is 17.1 Å². The van der Waals surface area contributed by atoms with Crippen LogP contribution in [0, 0.1) is 0 Å². The Morgan fingerprint density at radius 1 is 0.475 bits per heavy atom. The molecule has 61 heavy (non-hydrogen) atoms. The highest BCUT2D eigenvalue weighted by molar-refractivity contribution is 6.26. The molecule has 0 amide bonds. The average molecular weight is 785 g/mol. The van der Waals surface area contributed by atoms with Crippen LogP contribution in [0.25, 0.3) is 65.4 Å². The van der Waals surface area contributed by atoms with Gasteiger partial charge in [-0.15, -0.1) is 0 Å². The van der Waals surface area contributed by atoms with Gasteiger partial charge in [0.2, 0.25) is 0 Å². The Kier molecular flexibility index (Phi) is 7.77. The van der Waals surface area contributed by atoms with Crippen LogP contribution in [0.5, 0.6) is 0 Å². The summed E-state index contributed by atoms with van der Waals surface area (Å²) in [5.74, 6) is 0. The quantitative estimate of drug-likeness (QED) is 0.176. The standard InChI is InChI=1S/C58H44N2O/c1-57(2)48-22-10-11-24-53(48)60(39-28-29-44-42-18-6-5-16-40(42)41-17-7-8-19-43(41)47(44)36-39)54-31-27-38(35-50(54)57)37-26-30-51(49(34-37)58(3)32-13-4-14-33-58)59-52-23-15-21-46-45-20-9-12-25-55(45)61-56(46)52/h4-32,34-36,59H,33H2,1-3H3/t58-/m1/s1. The molecule has 12 rings (SSSR count). The maximum absolute atomic E-state index is 6.46. The molecule has 3 heteroatoms. The molecule has 3 nitrogen and oxygen atoms in total. The highest BCUT2D eigenvalue weighted by Crippen LogP contribution is 2.53. The first-order valence-electron chi connectivity index (χ1n) is 21.4. The van der Waals surface area contributed by atoms with Crippen LogP contribution >= 0.6 is 0 Å². The summed E-state index contributed by atoms with van der Waals surface area (Å²) in [6.07, 6.45) is 9.88. The highest BCUT2D eigenvalue weighted by Gasteiger charge is 2.37. The first-order valence-corrected chi connectivity index (χ1v) is 21.4. The van der Waals surface area contributed by atoms with Gasteiger partial charge in [-0.1, -0.05) is 160 Å². The van der Waals surface area contributed by atoms with Gasteiger partial charge in [-0.05, 0) is 121 Å². The SMILES string of the molecule is CC1(C)c2ccccc2N(c2ccc3c4ccccc4c4ccccc4c3c2)c2ccc(-c3ccc(Nc4cccc5c4oc4ccccc45)c([C@]4(C)C=CC=CC4)c3)cc21. The van der Waals surface area contributed by atoms with Gasteiger partial charge in [-0.3, -0.25) is 0 Å². The smallest absolute Gasteiger partial charge is 0.158 e. The van der Waals surface area contributed by atoms with Crippen molar-refractivity contribution in [3.05, 3.63) is 211 Å². The first-order chi connectivity index (χ1) is 29.9. The topological polar surface area (TPSA) is 28.4 Å². The van der Waals surface area contributed by atoms with E-state index in [1.165, 1.54) is 71.5 Å². The number of benzene rings is 9. The van der Waals surface area contributed by atoms with E-state index < -0.39 is 0 Å². The summed E-state index contributed by atoms with van der Waals surface area (Å²) in [7, 11) is 0. The minimum absolute atomic E-state index is 0.205. The molecule has 0 bridgehead atoms. The van der Waals surface area contributed by atoms with Crippen molar-refractivity contribution in [1.82, 2.24) is 0 Å². The summed E-state index contributed by atoms with van der Waals surface area (Å²) in [6.45, 7) is 7.10. The molecule has 0 saturated heterocycles. The van der Waals surface area contributed by atoms with Crippen molar-refractivity contribution in [1.29, 1.82) is 0 Å². The van der Waals surface area contributed by atoms with Crippen molar-refractivity contribution >= 4 is 82.7 Å². The number of nitrogens with one attached hydrogen (secondary N) is 1. The van der Waals surface area contributed by atoms with E-state index in [0.29, 0.717) is 0 Å². The van der Waals surface area contributed by atoms with Crippen molar-refractivity contribution in [2.75, 3.05) is 10.2 Å². The summed E-state index contributed by atoms with van der Waals surface area (Å²) < 4.78 is 6.46.